The number of esters is 1. The maximum absolute atomic E-state index is 11.7. The highest BCUT2D eigenvalue weighted by atomic mass is 16.5. The Labute approximate surface area is 176 Å². The third kappa shape index (κ3) is 4.88. The summed E-state index contributed by atoms with van der Waals surface area (Å²) in [7, 11) is 0. The Bertz CT molecular complexity index is 604. The fraction of sp³-hybridized carbons (Fsp3) is 0.833. The molecule has 0 amide bonds. The Morgan fingerprint density at radius 3 is 2.79 bits per heavy atom. The summed E-state index contributed by atoms with van der Waals surface area (Å²) in [5.41, 5.74) is 0.0979. The minimum absolute atomic E-state index is 0.0640. The number of likely N-dealkylation sites (tertiary alicyclic amines) is 1. The molecular weight excluding hydrogens is 366 g/mol. The Kier molecular flexibility index (Phi) is 7.45. The number of fused-ring (bicyclic) bond motifs is 1. The average molecular weight is 407 g/mol. The maximum atomic E-state index is 11.7. The predicted octanol–water partition coefficient (Wildman–Crippen LogP) is 3.35. The van der Waals surface area contributed by atoms with Crippen LogP contribution in [0.4, 0.5) is 0 Å². The highest BCUT2D eigenvalue weighted by Crippen LogP contribution is 2.51. The van der Waals surface area contributed by atoms with Crippen molar-refractivity contribution >= 4 is 5.97 Å². The van der Waals surface area contributed by atoms with Gasteiger partial charge >= 0.3 is 5.97 Å². The molecule has 1 saturated heterocycles. The summed E-state index contributed by atoms with van der Waals surface area (Å²) >= 11 is 0. The number of nitrogens with zero attached hydrogens (tertiary/aromatic N) is 1. The first-order valence-electron chi connectivity index (χ1n) is 11.5. The van der Waals surface area contributed by atoms with Gasteiger partial charge in [0.25, 0.3) is 0 Å². The van der Waals surface area contributed by atoms with E-state index < -0.39 is 11.7 Å². The van der Waals surface area contributed by atoms with Crippen LogP contribution in [0.2, 0.25) is 0 Å². The molecule has 0 spiro atoms. The van der Waals surface area contributed by atoms with E-state index in [9.17, 15) is 15.0 Å². The molecule has 5 heteroatoms. The molecule has 3 rings (SSSR count). The quantitative estimate of drug-likeness (QED) is 0.523. The van der Waals surface area contributed by atoms with E-state index in [1.807, 2.05) is 13.3 Å². The summed E-state index contributed by atoms with van der Waals surface area (Å²) in [4.78, 5) is 14.1. The summed E-state index contributed by atoms with van der Waals surface area (Å²) in [5.74, 6) is 0.762. The van der Waals surface area contributed by atoms with Gasteiger partial charge in [0.15, 0.2) is 0 Å². The molecule has 0 aromatic heterocycles. The average Bonchev–Trinajstić information content (AvgIpc) is 2.66. The van der Waals surface area contributed by atoms with Crippen LogP contribution in [0.3, 0.4) is 0 Å². The van der Waals surface area contributed by atoms with Gasteiger partial charge in [-0.05, 0) is 68.9 Å². The third-order valence-corrected chi connectivity index (χ3v) is 7.78. The Balaban J connectivity index is 1.77. The lowest BCUT2D eigenvalue weighted by atomic mass is 9.57. The Morgan fingerprint density at radius 1 is 1.34 bits per heavy atom. The monoisotopic (exact) mass is 406 g/mol. The second kappa shape index (κ2) is 9.49. The number of hydrogen-bond acceptors (Lipinski definition) is 5. The molecule has 1 unspecified atom stereocenters. The highest BCUT2D eigenvalue weighted by molar-refractivity contribution is 5.66. The van der Waals surface area contributed by atoms with Gasteiger partial charge in [0, 0.05) is 38.5 Å². The van der Waals surface area contributed by atoms with Crippen molar-refractivity contribution in [3.63, 3.8) is 0 Å². The molecule has 5 nitrogen and oxygen atoms in total. The van der Waals surface area contributed by atoms with E-state index in [-0.39, 0.29) is 24.4 Å². The number of aliphatic hydroxyl groups is 2. The van der Waals surface area contributed by atoms with Crippen LogP contribution in [0, 0.1) is 30.1 Å². The van der Waals surface area contributed by atoms with Crippen molar-refractivity contribution in [2.75, 3.05) is 19.7 Å². The van der Waals surface area contributed by atoms with Crippen molar-refractivity contribution < 1.29 is 19.7 Å². The van der Waals surface area contributed by atoms with E-state index >= 15 is 0 Å². The zero-order chi connectivity index (χ0) is 21.2. The van der Waals surface area contributed by atoms with Gasteiger partial charge in [0.1, 0.15) is 6.10 Å². The number of aliphatic hydroxyl groups excluding tert-OH is 1. The molecule has 0 bridgehead atoms. The van der Waals surface area contributed by atoms with Gasteiger partial charge < -0.3 is 19.8 Å². The first kappa shape index (κ1) is 22.8. The van der Waals surface area contributed by atoms with Crippen molar-refractivity contribution in [3.05, 3.63) is 18.1 Å². The number of hydrogen-bond donors (Lipinski definition) is 2. The summed E-state index contributed by atoms with van der Waals surface area (Å²) < 4.78 is 5.47. The molecule has 2 aliphatic carbocycles. The van der Waals surface area contributed by atoms with Crippen molar-refractivity contribution in [1.82, 2.24) is 4.90 Å². The minimum atomic E-state index is -0.927. The number of ether oxygens (including phenoxy) is 1. The summed E-state index contributed by atoms with van der Waals surface area (Å²) in [6.45, 7) is 10.3. The molecule has 2 N–H and O–H groups in total. The molecule has 1 saturated carbocycles. The standard InChI is InChI=1S/C24H40NO4/c1-16-13-22-21(17(2)15-25-11-6-5-7-20(25)10-12-26)9-8-18(3)24(22,28)14-23(16)29-19(4)27/h13-14,17-18,20-23,26,28H,5-12,15H2,1-4H3/t17?,18-,20+,21+,22-,23-,24-/m1/s1. The summed E-state index contributed by atoms with van der Waals surface area (Å²) in [6, 6.07) is 0.487. The Hall–Kier alpha value is -0.910. The largest absolute Gasteiger partial charge is 0.458 e. The fourth-order valence-electron chi connectivity index (χ4n) is 6.03. The molecule has 1 heterocycles. The van der Waals surface area contributed by atoms with Gasteiger partial charge in [0.05, 0.1) is 5.60 Å². The lowest BCUT2D eigenvalue weighted by Gasteiger charge is -2.53. The zero-order valence-electron chi connectivity index (χ0n) is 18.6. The summed E-state index contributed by atoms with van der Waals surface area (Å²) in [6.07, 6.45) is 10.3. The number of carbonyl (C=O) groups excluding carboxylic acids is 1. The van der Waals surface area contributed by atoms with E-state index in [1.54, 1.807) is 0 Å². The van der Waals surface area contributed by atoms with Crippen LogP contribution >= 0.6 is 0 Å². The molecule has 0 aromatic carbocycles. The SMILES string of the molecule is CC(=O)O[C@@H]1[CH][C@@]2(O)[C@H](C)CC[C@@H](C(C)CN3CCCC[C@H]3CCO)[C@H]2C=C1C. The molecule has 0 aromatic rings. The zero-order valence-corrected chi connectivity index (χ0v) is 18.6. The second-order valence-corrected chi connectivity index (χ2v) is 9.80. The number of rotatable bonds is 6. The molecule has 7 atom stereocenters. The van der Waals surface area contributed by atoms with Crippen LogP contribution in [-0.2, 0) is 9.53 Å². The third-order valence-electron chi connectivity index (χ3n) is 7.78. The van der Waals surface area contributed by atoms with Crippen LogP contribution in [0.15, 0.2) is 11.6 Å². The maximum Gasteiger partial charge on any atom is 0.303 e. The predicted molar refractivity (Wildman–Crippen MR) is 114 cm³/mol. The minimum Gasteiger partial charge on any atom is -0.458 e. The van der Waals surface area contributed by atoms with Crippen LogP contribution in [-0.4, -0.2) is 58.5 Å². The van der Waals surface area contributed by atoms with Gasteiger partial charge in [-0.2, -0.15) is 0 Å². The van der Waals surface area contributed by atoms with Crippen molar-refractivity contribution in [2.45, 2.75) is 84.0 Å². The Morgan fingerprint density at radius 2 is 2.10 bits per heavy atom. The normalized spacial score (nSPS) is 39.4. The number of piperidine rings is 1. The van der Waals surface area contributed by atoms with E-state index in [0.717, 1.165) is 37.9 Å². The van der Waals surface area contributed by atoms with Crippen molar-refractivity contribution in [3.8, 4) is 0 Å². The molecule has 2 fully saturated rings. The lowest BCUT2D eigenvalue weighted by molar-refractivity contribution is -0.148. The molecule has 165 valence electrons. The molecule has 1 aliphatic heterocycles. The fourth-order valence-corrected chi connectivity index (χ4v) is 6.03. The first-order valence-corrected chi connectivity index (χ1v) is 11.5. The van der Waals surface area contributed by atoms with E-state index in [2.05, 4.69) is 24.8 Å². The van der Waals surface area contributed by atoms with Gasteiger partial charge in [-0.25, -0.2) is 0 Å². The van der Waals surface area contributed by atoms with E-state index in [1.165, 1.54) is 26.2 Å². The van der Waals surface area contributed by atoms with Gasteiger partial charge in [0.2, 0.25) is 0 Å². The van der Waals surface area contributed by atoms with Crippen molar-refractivity contribution in [2.24, 2.45) is 23.7 Å². The lowest BCUT2D eigenvalue weighted by Crippen LogP contribution is -2.57. The molecule has 29 heavy (non-hydrogen) atoms. The van der Waals surface area contributed by atoms with Crippen LogP contribution in [0.5, 0.6) is 0 Å². The first-order chi connectivity index (χ1) is 13.8. The smallest absolute Gasteiger partial charge is 0.303 e. The van der Waals surface area contributed by atoms with E-state index in [4.69, 9.17) is 4.74 Å². The van der Waals surface area contributed by atoms with Gasteiger partial charge in [-0.3, -0.25) is 4.79 Å². The van der Waals surface area contributed by atoms with Crippen LogP contribution in [0.25, 0.3) is 0 Å². The molecular formula is C24H40NO4. The number of carbonyl (C=O) groups is 1. The second-order valence-electron chi connectivity index (χ2n) is 9.80. The van der Waals surface area contributed by atoms with Crippen LogP contribution < -0.4 is 0 Å². The van der Waals surface area contributed by atoms with Crippen LogP contribution in [0.1, 0.15) is 66.2 Å². The van der Waals surface area contributed by atoms with E-state index in [0.29, 0.717) is 17.9 Å². The summed E-state index contributed by atoms with van der Waals surface area (Å²) in [5, 5.41) is 21.1. The molecule has 3 aliphatic rings. The van der Waals surface area contributed by atoms with Gasteiger partial charge in [-0.1, -0.05) is 26.3 Å². The van der Waals surface area contributed by atoms with Crippen molar-refractivity contribution in [1.29, 1.82) is 0 Å². The highest BCUT2D eigenvalue weighted by Gasteiger charge is 2.53. The van der Waals surface area contributed by atoms with Gasteiger partial charge in [-0.15, -0.1) is 0 Å². The topological polar surface area (TPSA) is 70.0 Å². The molecule has 1 radical (unpaired) electrons.